The molecule has 1 aliphatic carbocycles. The molecule has 0 aliphatic heterocycles. The number of benzene rings is 1. The molecule has 3 unspecified atom stereocenters. The molecule has 0 spiro atoms. The third-order valence-electron chi connectivity index (χ3n) is 4.83. The van der Waals surface area contributed by atoms with Crippen LogP contribution in [-0.4, -0.2) is 19.7 Å². The number of likely N-dealkylation sites (N-methyl/N-ethyl adjacent to an activating group) is 1. The molecule has 20 heavy (non-hydrogen) atoms. The summed E-state index contributed by atoms with van der Waals surface area (Å²) in [5.41, 5.74) is 1.33. The summed E-state index contributed by atoms with van der Waals surface area (Å²) in [5, 5.41) is 3.71. The molecular formula is C18H29NO. The number of ether oxygens (including phenoxy) is 1. The average molecular weight is 275 g/mol. The predicted molar refractivity (Wildman–Crippen MR) is 85.3 cm³/mol. The Labute approximate surface area is 123 Å². The van der Waals surface area contributed by atoms with E-state index in [9.17, 15) is 0 Å². The fourth-order valence-corrected chi connectivity index (χ4v) is 3.63. The van der Waals surface area contributed by atoms with Crippen molar-refractivity contribution in [2.45, 2.75) is 52.0 Å². The molecule has 1 saturated carbocycles. The van der Waals surface area contributed by atoms with Crippen molar-refractivity contribution in [3.05, 3.63) is 29.8 Å². The summed E-state index contributed by atoms with van der Waals surface area (Å²) in [7, 11) is 1.77. The molecule has 0 amide bonds. The maximum Gasteiger partial charge on any atom is 0.122 e. The maximum absolute atomic E-state index is 5.50. The first-order chi connectivity index (χ1) is 9.78. The molecule has 2 nitrogen and oxygen atoms in total. The third-order valence-corrected chi connectivity index (χ3v) is 4.83. The maximum atomic E-state index is 5.50. The SMILES string of the molecule is CCNC(Cc1ccccc1OC)C1CCC(CC)C1. The average Bonchev–Trinajstić information content (AvgIpc) is 2.96. The van der Waals surface area contributed by atoms with Gasteiger partial charge in [0.1, 0.15) is 5.75 Å². The monoisotopic (exact) mass is 275 g/mol. The minimum absolute atomic E-state index is 0.591. The van der Waals surface area contributed by atoms with E-state index in [2.05, 4.69) is 37.4 Å². The van der Waals surface area contributed by atoms with Gasteiger partial charge in [0.05, 0.1) is 7.11 Å². The Morgan fingerprint density at radius 2 is 2.05 bits per heavy atom. The molecule has 1 aromatic rings. The third kappa shape index (κ3) is 3.76. The van der Waals surface area contributed by atoms with Crippen molar-refractivity contribution in [2.75, 3.05) is 13.7 Å². The highest BCUT2D eigenvalue weighted by molar-refractivity contribution is 5.34. The lowest BCUT2D eigenvalue weighted by Gasteiger charge is -2.25. The lowest BCUT2D eigenvalue weighted by Crippen LogP contribution is -2.37. The van der Waals surface area contributed by atoms with Crippen LogP contribution in [0, 0.1) is 11.8 Å². The van der Waals surface area contributed by atoms with Crippen LogP contribution < -0.4 is 10.1 Å². The lowest BCUT2D eigenvalue weighted by atomic mass is 9.90. The molecule has 0 bridgehead atoms. The van der Waals surface area contributed by atoms with E-state index in [1.807, 2.05) is 6.07 Å². The summed E-state index contributed by atoms with van der Waals surface area (Å²) in [6, 6.07) is 9.03. The molecule has 0 saturated heterocycles. The normalized spacial score (nSPS) is 23.8. The van der Waals surface area contributed by atoms with Gasteiger partial charge in [-0.1, -0.05) is 44.9 Å². The lowest BCUT2D eigenvalue weighted by molar-refractivity contribution is 0.342. The van der Waals surface area contributed by atoms with Gasteiger partial charge in [-0.2, -0.15) is 0 Å². The first kappa shape index (κ1) is 15.4. The van der Waals surface area contributed by atoms with Gasteiger partial charge in [-0.25, -0.2) is 0 Å². The van der Waals surface area contributed by atoms with Crippen molar-refractivity contribution in [2.24, 2.45) is 11.8 Å². The molecular weight excluding hydrogens is 246 g/mol. The van der Waals surface area contributed by atoms with E-state index in [4.69, 9.17) is 4.74 Å². The van der Waals surface area contributed by atoms with Crippen LogP contribution in [0.3, 0.4) is 0 Å². The fraction of sp³-hybridized carbons (Fsp3) is 0.667. The van der Waals surface area contributed by atoms with Gasteiger partial charge in [0.2, 0.25) is 0 Å². The summed E-state index contributed by atoms with van der Waals surface area (Å²) in [5.74, 6) is 2.80. The van der Waals surface area contributed by atoms with Crippen molar-refractivity contribution >= 4 is 0 Å². The van der Waals surface area contributed by atoms with Crippen LogP contribution in [0.25, 0.3) is 0 Å². The Morgan fingerprint density at radius 3 is 2.70 bits per heavy atom. The molecule has 112 valence electrons. The van der Waals surface area contributed by atoms with Crippen LogP contribution in [0.4, 0.5) is 0 Å². The highest BCUT2D eigenvalue weighted by atomic mass is 16.5. The molecule has 2 heteroatoms. The Hall–Kier alpha value is -1.02. The van der Waals surface area contributed by atoms with Crippen LogP contribution in [0.2, 0.25) is 0 Å². The van der Waals surface area contributed by atoms with Gasteiger partial charge in [0, 0.05) is 6.04 Å². The van der Waals surface area contributed by atoms with Crippen molar-refractivity contribution in [3.63, 3.8) is 0 Å². The minimum Gasteiger partial charge on any atom is -0.496 e. The highest BCUT2D eigenvalue weighted by Gasteiger charge is 2.30. The number of para-hydroxylation sites is 1. The summed E-state index contributed by atoms with van der Waals surface area (Å²) in [4.78, 5) is 0. The molecule has 0 aromatic heterocycles. The topological polar surface area (TPSA) is 21.3 Å². The standard InChI is InChI=1S/C18H29NO/c1-4-14-10-11-15(12-14)17(19-5-2)13-16-8-6-7-9-18(16)20-3/h6-9,14-15,17,19H,4-5,10-13H2,1-3H3. The number of hydrogen-bond donors (Lipinski definition) is 1. The van der Waals surface area contributed by atoms with Crippen LogP contribution in [0.15, 0.2) is 24.3 Å². The number of methoxy groups -OCH3 is 1. The number of hydrogen-bond acceptors (Lipinski definition) is 2. The Kier molecular flexibility index (Phi) is 5.90. The largest absolute Gasteiger partial charge is 0.496 e. The first-order valence-corrected chi connectivity index (χ1v) is 8.13. The first-order valence-electron chi connectivity index (χ1n) is 8.13. The highest BCUT2D eigenvalue weighted by Crippen LogP contribution is 2.36. The van der Waals surface area contributed by atoms with Crippen molar-refractivity contribution in [1.29, 1.82) is 0 Å². The smallest absolute Gasteiger partial charge is 0.122 e. The van der Waals surface area contributed by atoms with Crippen LogP contribution in [-0.2, 0) is 6.42 Å². The molecule has 1 aromatic carbocycles. The van der Waals surface area contributed by atoms with E-state index >= 15 is 0 Å². The molecule has 2 rings (SSSR count). The van der Waals surface area contributed by atoms with Gasteiger partial charge >= 0.3 is 0 Å². The van der Waals surface area contributed by atoms with Gasteiger partial charge in [-0.15, -0.1) is 0 Å². The zero-order valence-electron chi connectivity index (χ0n) is 13.2. The van der Waals surface area contributed by atoms with Gasteiger partial charge in [-0.05, 0) is 49.3 Å². The number of nitrogens with one attached hydrogen (secondary N) is 1. The second-order valence-electron chi connectivity index (χ2n) is 6.03. The molecule has 0 radical (unpaired) electrons. The van der Waals surface area contributed by atoms with E-state index in [1.165, 1.54) is 31.2 Å². The number of rotatable bonds is 7. The van der Waals surface area contributed by atoms with Crippen molar-refractivity contribution < 1.29 is 4.74 Å². The zero-order valence-corrected chi connectivity index (χ0v) is 13.2. The van der Waals surface area contributed by atoms with Crippen LogP contribution >= 0.6 is 0 Å². The Bertz CT molecular complexity index is 404. The van der Waals surface area contributed by atoms with Gasteiger partial charge in [0.15, 0.2) is 0 Å². The molecule has 1 fully saturated rings. The molecule has 1 aliphatic rings. The van der Waals surface area contributed by atoms with Crippen molar-refractivity contribution in [1.82, 2.24) is 5.32 Å². The van der Waals surface area contributed by atoms with E-state index in [0.717, 1.165) is 30.6 Å². The summed E-state index contributed by atoms with van der Waals surface area (Å²) >= 11 is 0. The van der Waals surface area contributed by atoms with Crippen LogP contribution in [0.1, 0.15) is 45.1 Å². The Balaban J connectivity index is 2.05. The zero-order chi connectivity index (χ0) is 14.4. The van der Waals surface area contributed by atoms with E-state index in [0.29, 0.717) is 6.04 Å². The second kappa shape index (κ2) is 7.68. The van der Waals surface area contributed by atoms with E-state index in [1.54, 1.807) is 7.11 Å². The van der Waals surface area contributed by atoms with Gasteiger partial charge in [0.25, 0.3) is 0 Å². The minimum atomic E-state index is 0.591. The molecule has 0 heterocycles. The van der Waals surface area contributed by atoms with Crippen molar-refractivity contribution in [3.8, 4) is 5.75 Å². The summed E-state index contributed by atoms with van der Waals surface area (Å²) in [6.45, 7) is 5.59. The molecule has 1 N–H and O–H groups in total. The van der Waals surface area contributed by atoms with Gasteiger partial charge in [-0.3, -0.25) is 0 Å². The van der Waals surface area contributed by atoms with E-state index < -0.39 is 0 Å². The summed E-state index contributed by atoms with van der Waals surface area (Å²) in [6.07, 6.45) is 6.60. The van der Waals surface area contributed by atoms with Gasteiger partial charge < -0.3 is 10.1 Å². The second-order valence-corrected chi connectivity index (χ2v) is 6.03. The Morgan fingerprint density at radius 1 is 1.25 bits per heavy atom. The summed E-state index contributed by atoms with van der Waals surface area (Å²) < 4.78 is 5.50. The molecule has 3 atom stereocenters. The van der Waals surface area contributed by atoms with E-state index in [-0.39, 0.29) is 0 Å². The predicted octanol–water partition coefficient (Wildman–Crippen LogP) is 4.04. The quantitative estimate of drug-likeness (QED) is 0.811. The fourth-order valence-electron chi connectivity index (χ4n) is 3.63. The van der Waals surface area contributed by atoms with Crippen LogP contribution in [0.5, 0.6) is 5.75 Å².